The molecule has 7 aromatic carbocycles. The second kappa shape index (κ2) is 12.8. The molecule has 5 heteroatoms. The molecule has 9 rings (SSSR count). The topological polar surface area (TPSA) is 73.7 Å². The summed E-state index contributed by atoms with van der Waals surface area (Å²) in [5, 5.41) is 15.5. The lowest BCUT2D eigenvalue weighted by molar-refractivity contribution is 0.669. The molecule has 1 N–H and O–H groups in total. The Labute approximate surface area is 295 Å². The average Bonchev–Trinajstić information content (AvgIpc) is 3.60. The van der Waals surface area contributed by atoms with Gasteiger partial charge in [0.1, 0.15) is 23.2 Å². The Hall–Kier alpha value is -7.03. The first-order valence-corrected chi connectivity index (χ1v) is 16.9. The number of nitrogens with zero attached hydrogens (tertiary/aromatic N) is 3. The van der Waals surface area contributed by atoms with Gasteiger partial charge in [0.25, 0.3) is 0 Å². The van der Waals surface area contributed by atoms with Gasteiger partial charge in [-0.05, 0) is 57.1 Å². The van der Waals surface area contributed by atoms with Gasteiger partial charge in [-0.3, -0.25) is 0 Å². The van der Waals surface area contributed by atoms with Gasteiger partial charge in [0.2, 0.25) is 0 Å². The van der Waals surface area contributed by atoms with Gasteiger partial charge in [-0.25, -0.2) is 9.98 Å². The van der Waals surface area contributed by atoms with Gasteiger partial charge in [0.05, 0.1) is 11.6 Å². The normalized spacial score (nSPS) is 14.1. The number of benzene rings is 7. The summed E-state index contributed by atoms with van der Waals surface area (Å²) in [6, 6.07) is 60.1. The predicted octanol–water partition coefficient (Wildman–Crippen LogP) is 11.0. The number of aliphatic imine (C=N–C) groups is 2. The summed E-state index contributed by atoms with van der Waals surface area (Å²) in [6.45, 7) is 0. The Kier molecular flexibility index (Phi) is 7.53. The Morgan fingerprint density at radius 2 is 1.04 bits per heavy atom. The number of para-hydroxylation sites is 1. The fraction of sp³-hybridized carbons (Fsp3) is 0.0217. The Balaban J connectivity index is 1.07. The SMILES string of the molecule is N#Cc1cc(-c2ccc(C3=NC(c4ccc(-c5ccccc5)cc4)=NC(c4ccc(-c5ccccc5)cc4)N3)cc2)cc2oc3ccccc3c12. The number of fused-ring (bicyclic) bond motifs is 3. The first-order valence-electron chi connectivity index (χ1n) is 16.9. The van der Waals surface area contributed by atoms with E-state index in [0.717, 1.165) is 61.1 Å². The van der Waals surface area contributed by atoms with E-state index >= 15 is 0 Å². The third-order valence-corrected chi connectivity index (χ3v) is 9.42. The molecule has 51 heavy (non-hydrogen) atoms. The predicted molar refractivity (Wildman–Crippen MR) is 207 cm³/mol. The zero-order chi connectivity index (χ0) is 34.1. The van der Waals surface area contributed by atoms with Crippen LogP contribution < -0.4 is 5.32 Å². The number of furan rings is 1. The number of nitrogens with one attached hydrogen (secondary N) is 1. The van der Waals surface area contributed by atoms with Crippen molar-refractivity contribution in [1.29, 1.82) is 5.26 Å². The molecular formula is C46H30N4O. The van der Waals surface area contributed by atoms with Crippen LogP contribution in [0.1, 0.15) is 28.4 Å². The van der Waals surface area contributed by atoms with Crippen molar-refractivity contribution in [3.63, 3.8) is 0 Å². The summed E-state index contributed by atoms with van der Waals surface area (Å²) in [6.07, 6.45) is -0.334. The van der Waals surface area contributed by atoms with Crippen LogP contribution in [0.15, 0.2) is 184 Å². The highest BCUT2D eigenvalue weighted by molar-refractivity contribution is 6.13. The number of nitriles is 1. The van der Waals surface area contributed by atoms with Crippen LogP contribution in [0.4, 0.5) is 0 Å². The molecule has 0 aliphatic carbocycles. The first kappa shape index (κ1) is 30.1. The van der Waals surface area contributed by atoms with Crippen molar-refractivity contribution in [1.82, 2.24) is 5.32 Å². The van der Waals surface area contributed by atoms with E-state index in [9.17, 15) is 5.26 Å². The molecule has 5 nitrogen and oxygen atoms in total. The average molecular weight is 655 g/mol. The van der Waals surface area contributed by atoms with E-state index in [1.165, 1.54) is 11.1 Å². The summed E-state index contributed by atoms with van der Waals surface area (Å²) in [7, 11) is 0. The highest BCUT2D eigenvalue weighted by atomic mass is 16.3. The van der Waals surface area contributed by atoms with Crippen LogP contribution in [0.3, 0.4) is 0 Å². The Bertz CT molecular complexity index is 2630. The molecule has 1 aliphatic rings. The van der Waals surface area contributed by atoms with Gasteiger partial charge in [0, 0.05) is 21.9 Å². The van der Waals surface area contributed by atoms with Gasteiger partial charge < -0.3 is 9.73 Å². The van der Waals surface area contributed by atoms with Crippen LogP contribution >= 0.6 is 0 Å². The zero-order valence-electron chi connectivity index (χ0n) is 27.5. The van der Waals surface area contributed by atoms with Crippen molar-refractivity contribution in [2.24, 2.45) is 9.98 Å². The van der Waals surface area contributed by atoms with Crippen molar-refractivity contribution in [2.45, 2.75) is 6.17 Å². The zero-order valence-corrected chi connectivity index (χ0v) is 27.5. The maximum absolute atomic E-state index is 10.1. The molecule has 0 saturated heterocycles. The molecule has 1 aromatic heterocycles. The quantitative estimate of drug-likeness (QED) is 0.194. The first-order chi connectivity index (χ1) is 25.2. The molecule has 0 amide bonds. The number of hydrogen-bond donors (Lipinski definition) is 1. The van der Waals surface area contributed by atoms with Gasteiger partial charge in [-0.2, -0.15) is 5.26 Å². The molecule has 1 atom stereocenters. The van der Waals surface area contributed by atoms with Gasteiger partial charge in [0.15, 0.2) is 5.84 Å². The van der Waals surface area contributed by atoms with Crippen LogP contribution in [-0.4, -0.2) is 11.7 Å². The Morgan fingerprint density at radius 1 is 0.510 bits per heavy atom. The molecule has 8 aromatic rings. The smallest absolute Gasteiger partial charge is 0.159 e. The van der Waals surface area contributed by atoms with Gasteiger partial charge in [-0.1, -0.05) is 152 Å². The van der Waals surface area contributed by atoms with E-state index in [2.05, 4.69) is 133 Å². The van der Waals surface area contributed by atoms with Crippen molar-refractivity contribution >= 4 is 33.6 Å². The second-order valence-corrected chi connectivity index (χ2v) is 12.6. The van der Waals surface area contributed by atoms with Crippen molar-refractivity contribution in [2.75, 3.05) is 0 Å². The lowest BCUT2D eigenvalue weighted by Crippen LogP contribution is -2.33. The monoisotopic (exact) mass is 654 g/mol. The minimum atomic E-state index is -0.334. The van der Waals surface area contributed by atoms with Crippen LogP contribution in [0.2, 0.25) is 0 Å². The summed E-state index contributed by atoms with van der Waals surface area (Å²) in [5.74, 6) is 1.40. The standard InChI is InChI=1S/C46H30N4O/c47-29-39-27-38(28-42-43(39)40-13-7-8-14-41(40)51-42)34-19-25-37(26-20-34)46-49-44(35-21-15-32(16-22-35)30-9-3-1-4-10-30)48-45(50-46)36-23-17-33(18-24-36)31-11-5-2-6-12-31/h1-28,44H,(H,48,49,50). The molecule has 240 valence electrons. The summed E-state index contributed by atoms with van der Waals surface area (Å²) in [5.41, 5.74) is 11.5. The molecule has 0 spiro atoms. The van der Waals surface area contributed by atoms with Crippen LogP contribution in [0.25, 0.3) is 55.3 Å². The highest BCUT2D eigenvalue weighted by Crippen LogP contribution is 2.35. The summed E-state index contributed by atoms with van der Waals surface area (Å²) >= 11 is 0. The van der Waals surface area contributed by atoms with E-state index in [4.69, 9.17) is 14.4 Å². The van der Waals surface area contributed by atoms with E-state index in [0.29, 0.717) is 17.0 Å². The maximum atomic E-state index is 10.1. The van der Waals surface area contributed by atoms with Crippen molar-refractivity contribution < 1.29 is 4.42 Å². The van der Waals surface area contributed by atoms with Gasteiger partial charge in [-0.15, -0.1) is 0 Å². The lowest BCUT2D eigenvalue weighted by Gasteiger charge is -2.24. The van der Waals surface area contributed by atoms with E-state index < -0.39 is 0 Å². The van der Waals surface area contributed by atoms with E-state index in [-0.39, 0.29) is 6.17 Å². The largest absolute Gasteiger partial charge is 0.456 e. The maximum Gasteiger partial charge on any atom is 0.159 e. The minimum absolute atomic E-state index is 0.334. The molecule has 0 radical (unpaired) electrons. The lowest BCUT2D eigenvalue weighted by atomic mass is 9.98. The third kappa shape index (κ3) is 5.75. The molecule has 1 aliphatic heterocycles. The van der Waals surface area contributed by atoms with Crippen LogP contribution in [0.5, 0.6) is 0 Å². The van der Waals surface area contributed by atoms with Crippen molar-refractivity contribution in [3.05, 3.63) is 192 Å². The third-order valence-electron chi connectivity index (χ3n) is 9.42. The summed E-state index contributed by atoms with van der Waals surface area (Å²) in [4.78, 5) is 10.2. The summed E-state index contributed by atoms with van der Waals surface area (Å²) < 4.78 is 6.16. The Morgan fingerprint density at radius 3 is 1.69 bits per heavy atom. The molecule has 2 heterocycles. The molecule has 0 saturated carbocycles. The molecule has 0 fully saturated rings. The second-order valence-electron chi connectivity index (χ2n) is 12.6. The fourth-order valence-corrected chi connectivity index (χ4v) is 6.76. The minimum Gasteiger partial charge on any atom is -0.456 e. The van der Waals surface area contributed by atoms with Crippen LogP contribution in [0, 0.1) is 11.3 Å². The van der Waals surface area contributed by atoms with Gasteiger partial charge >= 0.3 is 0 Å². The van der Waals surface area contributed by atoms with Crippen LogP contribution in [-0.2, 0) is 0 Å². The van der Waals surface area contributed by atoms with Crippen molar-refractivity contribution in [3.8, 4) is 39.4 Å². The number of rotatable bonds is 6. The van der Waals surface area contributed by atoms with E-state index in [1.807, 2.05) is 48.5 Å². The number of hydrogen-bond acceptors (Lipinski definition) is 5. The fourth-order valence-electron chi connectivity index (χ4n) is 6.76. The highest BCUT2D eigenvalue weighted by Gasteiger charge is 2.22. The molecular weight excluding hydrogens is 625 g/mol. The number of amidine groups is 2. The van der Waals surface area contributed by atoms with E-state index in [1.54, 1.807) is 0 Å². The molecule has 1 unspecified atom stereocenters. The molecule has 0 bridgehead atoms.